The maximum Gasteiger partial charge on any atom is 0.124 e. The molecule has 2 rings (SSSR count). The van der Waals surface area contributed by atoms with Crippen molar-refractivity contribution in [2.24, 2.45) is 0 Å². The van der Waals surface area contributed by atoms with Gasteiger partial charge in [-0.3, -0.25) is 0 Å². The lowest BCUT2D eigenvalue weighted by atomic mass is 10.1. The van der Waals surface area contributed by atoms with E-state index in [0.717, 1.165) is 23.4 Å². The van der Waals surface area contributed by atoms with E-state index >= 15 is 0 Å². The minimum atomic E-state index is 0.290. The minimum absolute atomic E-state index is 0.290. The van der Waals surface area contributed by atoms with E-state index in [1.54, 1.807) is 0 Å². The number of rotatable bonds is 9. The second-order valence-corrected chi connectivity index (χ2v) is 5.58. The van der Waals surface area contributed by atoms with Gasteiger partial charge >= 0.3 is 0 Å². The van der Waals surface area contributed by atoms with Gasteiger partial charge in [-0.25, -0.2) is 4.98 Å². The van der Waals surface area contributed by atoms with Crippen molar-refractivity contribution in [3.8, 4) is 0 Å². The normalized spacial score (nSPS) is 12.9. The van der Waals surface area contributed by atoms with E-state index < -0.39 is 0 Å². The fourth-order valence-corrected chi connectivity index (χ4v) is 2.50. The lowest BCUT2D eigenvalue weighted by molar-refractivity contribution is 0.515. The number of nitrogens with zero attached hydrogens (tertiary/aromatic N) is 1. The predicted molar refractivity (Wildman–Crippen MR) is 85.9 cm³/mol. The Kier molecular flexibility index (Phi) is 6.06. The van der Waals surface area contributed by atoms with Gasteiger partial charge in [0.05, 0.1) is 17.1 Å². The molecule has 3 nitrogen and oxygen atoms in total. The summed E-state index contributed by atoms with van der Waals surface area (Å²) >= 11 is 0. The number of H-pyrrole nitrogens is 1. The molecule has 0 saturated carbocycles. The van der Waals surface area contributed by atoms with Crippen molar-refractivity contribution in [2.45, 2.75) is 58.4 Å². The molecule has 0 aliphatic rings. The van der Waals surface area contributed by atoms with Crippen LogP contribution in [0.3, 0.4) is 0 Å². The van der Waals surface area contributed by atoms with Crippen molar-refractivity contribution >= 4 is 11.0 Å². The summed E-state index contributed by atoms with van der Waals surface area (Å²) in [6.45, 7) is 5.51. The maximum atomic E-state index is 4.63. The molecule has 1 aromatic heterocycles. The van der Waals surface area contributed by atoms with Gasteiger partial charge in [0.25, 0.3) is 0 Å². The first-order valence-corrected chi connectivity index (χ1v) is 7.99. The van der Waals surface area contributed by atoms with Crippen molar-refractivity contribution in [3.05, 3.63) is 30.1 Å². The van der Waals surface area contributed by atoms with Gasteiger partial charge in [0, 0.05) is 0 Å². The summed E-state index contributed by atoms with van der Waals surface area (Å²) in [5.74, 6) is 1.04. The number of aromatic nitrogens is 2. The largest absolute Gasteiger partial charge is 0.341 e. The van der Waals surface area contributed by atoms with Crippen molar-refractivity contribution in [1.82, 2.24) is 15.3 Å². The Bertz CT molecular complexity index is 471. The second-order valence-electron chi connectivity index (χ2n) is 5.58. The average Bonchev–Trinajstić information content (AvgIpc) is 2.90. The van der Waals surface area contributed by atoms with Gasteiger partial charge in [0.15, 0.2) is 0 Å². The number of imidazole rings is 1. The number of unbranched alkanes of at least 4 members (excludes halogenated alkanes) is 5. The lowest BCUT2D eigenvalue weighted by Gasteiger charge is -2.10. The van der Waals surface area contributed by atoms with Crippen molar-refractivity contribution in [1.29, 1.82) is 0 Å². The fraction of sp³-hybridized carbons (Fsp3) is 0.588. The standard InChI is InChI=1S/C17H27N3/c1-3-4-5-6-7-10-13-18-14(2)17-19-15-11-8-9-12-16(15)20-17/h8-9,11-12,14,18H,3-7,10,13H2,1-2H3,(H,19,20). The van der Waals surface area contributed by atoms with Crippen LogP contribution >= 0.6 is 0 Å². The van der Waals surface area contributed by atoms with Crippen LogP contribution in [0.25, 0.3) is 11.0 Å². The Hall–Kier alpha value is -1.35. The molecule has 0 radical (unpaired) electrons. The van der Waals surface area contributed by atoms with Crippen LogP contribution in [0.1, 0.15) is 64.2 Å². The third-order valence-electron chi connectivity index (χ3n) is 3.80. The molecule has 0 spiro atoms. The van der Waals surface area contributed by atoms with Crippen LogP contribution < -0.4 is 5.32 Å². The van der Waals surface area contributed by atoms with Crippen LogP contribution in [0, 0.1) is 0 Å². The summed E-state index contributed by atoms with van der Waals surface area (Å²) in [4.78, 5) is 8.02. The third-order valence-corrected chi connectivity index (χ3v) is 3.80. The molecule has 3 heteroatoms. The number of fused-ring (bicyclic) bond motifs is 1. The van der Waals surface area contributed by atoms with E-state index in [-0.39, 0.29) is 6.04 Å². The Morgan fingerprint density at radius 3 is 2.65 bits per heavy atom. The molecule has 0 aliphatic carbocycles. The number of nitrogens with one attached hydrogen (secondary N) is 2. The van der Waals surface area contributed by atoms with E-state index in [9.17, 15) is 0 Å². The monoisotopic (exact) mass is 273 g/mol. The molecule has 2 N–H and O–H groups in total. The summed E-state index contributed by atoms with van der Waals surface area (Å²) in [7, 11) is 0. The van der Waals surface area contributed by atoms with Crippen LogP contribution in [-0.4, -0.2) is 16.5 Å². The molecule has 1 aromatic carbocycles. The van der Waals surface area contributed by atoms with Crippen LogP contribution in [0.5, 0.6) is 0 Å². The predicted octanol–water partition coefficient (Wildman–Crippen LogP) is 4.57. The summed E-state index contributed by atoms with van der Waals surface area (Å²) < 4.78 is 0. The van der Waals surface area contributed by atoms with Crippen LogP contribution in [0.4, 0.5) is 0 Å². The molecule has 0 bridgehead atoms. The van der Waals surface area contributed by atoms with Gasteiger partial charge in [0.2, 0.25) is 0 Å². The number of hydrogen-bond acceptors (Lipinski definition) is 2. The van der Waals surface area contributed by atoms with E-state index in [1.165, 1.54) is 38.5 Å². The van der Waals surface area contributed by atoms with Gasteiger partial charge in [-0.05, 0) is 32.0 Å². The summed E-state index contributed by atoms with van der Waals surface area (Å²) in [6.07, 6.45) is 8.04. The minimum Gasteiger partial charge on any atom is -0.341 e. The van der Waals surface area contributed by atoms with Gasteiger partial charge in [-0.2, -0.15) is 0 Å². The number of hydrogen-bond donors (Lipinski definition) is 2. The Balaban J connectivity index is 1.70. The van der Waals surface area contributed by atoms with Crippen LogP contribution in [0.15, 0.2) is 24.3 Å². The molecule has 0 saturated heterocycles. The Morgan fingerprint density at radius 1 is 1.10 bits per heavy atom. The zero-order valence-corrected chi connectivity index (χ0v) is 12.8. The molecule has 0 amide bonds. The zero-order valence-electron chi connectivity index (χ0n) is 12.8. The smallest absolute Gasteiger partial charge is 0.124 e. The highest BCUT2D eigenvalue weighted by molar-refractivity contribution is 5.74. The molecular weight excluding hydrogens is 246 g/mol. The topological polar surface area (TPSA) is 40.7 Å². The molecular formula is C17H27N3. The van der Waals surface area contributed by atoms with E-state index in [4.69, 9.17) is 0 Å². The maximum absolute atomic E-state index is 4.63. The lowest BCUT2D eigenvalue weighted by Crippen LogP contribution is -2.20. The number of aromatic amines is 1. The molecule has 0 aliphatic heterocycles. The molecule has 110 valence electrons. The molecule has 0 fully saturated rings. The Labute approximate surface area is 122 Å². The van der Waals surface area contributed by atoms with E-state index in [2.05, 4.69) is 41.3 Å². The average molecular weight is 273 g/mol. The highest BCUT2D eigenvalue weighted by atomic mass is 15.0. The van der Waals surface area contributed by atoms with E-state index in [0.29, 0.717) is 0 Å². The van der Waals surface area contributed by atoms with Gasteiger partial charge in [-0.15, -0.1) is 0 Å². The van der Waals surface area contributed by atoms with Gasteiger partial charge in [0.1, 0.15) is 5.82 Å². The van der Waals surface area contributed by atoms with Crippen LogP contribution in [0.2, 0.25) is 0 Å². The van der Waals surface area contributed by atoms with Gasteiger partial charge in [-0.1, -0.05) is 51.2 Å². The van der Waals surface area contributed by atoms with Crippen molar-refractivity contribution in [3.63, 3.8) is 0 Å². The summed E-state index contributed by atoms with van der Waals surface area (Å²) in [5, 5.41) is 3.56. The van der Waals surface area contributed by atoms with Gasteiger partial charge < -0.3 is 10.3 Å². The Morgan fingerprint density at radius 2 is 1.85 bits per heavy atom. The highest BCUT2D eigenvalue weighted by Gasteiger charge is 2.09. The molecule has 1 atom stereocenters. The zero-order chi connectivity index (χ0) is 14.2. The first-order valence-electron chi connectivity index (χ1n) is 7.99. The second kappa shape index (κ2) is 8.05. The number of benzene rings is 1. The van der Waals surface area contributed by atoms with E-state index in [1.807, 2.05) is 12.1 Å². The molecule has 1 heterocycles. The van der Waals surface area contributed by atoms with Crippen LogP contribution in [-0.2, 0) is 0 Å². The van der Waals surface area contributed by atoms with Crippen molar-refractivity contribution in [2.75, 3.05) is 6.54 Å². The quantitative estimate of drug-likeness (QED) is 0.657. The van der Waals surface area contributed by atoms with Crippen molar-refractivity contribution < 1.29 is 0 Å². The molecule has 20 heavy (non-hydrogen) atoms. The first kappa shape index (κ1) is 15.0. The molecule has 1 unspecified atom stereocenters. The molecule has 2 aromatic rings. The number of para-hydroxylation sites is 2. The fourth-order valence-electron chi connectivity index (χ4n) is 2.50. The summed E-state index contributed by atoms with van der Waals surface area (Å²) in [5.41, 5.74) is 2.17. The third kappa shape index (κ3) is 4.34. The SMILES string of the molecule is CCCCCCCCNC(C)c1nc2ccccc2[nH]1. The highest BCUT2D eigenvalue weighted by Crippen LogP contribution is 2.15. The first-order chi connectivity index (χ1) is 9.81. The summed E-state index contributed by atoms with van der Waals surface area (Å²) in [6, 6.07) is 8.49.